The summed E-state index contributed by atoms with van der Waals surface area (Å²) in [5, 5.41) is 13.4. The molecule has 0 heterocycles. The minimum atomic E-state index is -0.535. The molecule has 0 bridgehead atoms. The predicted molar refractivity (Wildman–Crippen MR) is 70.3 cm³/mol. The molecule has 1 N–H and O–H groups in total. The molecule has 0 radical (unpaired) electrons. The molecule has 0 aliphatic heterocycles. The van der Waals surface area contributed by atoms with Crippen LogP contribution in [0.3, 0.4) is 0 Å². The van der Waals surface area contributed by atoms with Gasteiger partial charge in [0.25, 0.3) is 11.6 Å². The first-order valence-corrected chi connectivity index (χ1v) is 5.66. The summed E-state index contributed by atoms with van der Waals surface area (Å²) < 4.78 is 5.02. The van der Waals surface area contributed by atoms with Crippen LogP contribution < -0.4 is 10.1 Å². The Morgan fingerprint density at radius 3 is 2.58 bits per heavy atom. The van der Waals surface area contributed by atoms with Crippen LogP contribution in [0.15, 0.2) is 18.2 Å². The molecule has 0 saturated heterocycles. The number of carbonyl (C=O) groups is 1. The van der Waals surface area contributed by atoms with Gasteiger partial charge in [-0.15, -0.1) is 0 Å². The fourth-order valence-electron chi connectivity index (χ4n) is 1.38. The molecule has 0 spiro atoms. The summed E-state index contributed by atoms with van der Waals surface area (Å²) in [5.41, 5.74) is 0.149. The monoisotopic (exact) mass is 267 g/mol. The molecule has 0 aliphatic carbocycles. The number of nitro groups is 1. The number of nitrogens with one attached hydrogen (secondary N) is 1. The van der Waals surface area contributed by atoms with Gasteiger partial charge in [0.05, 0.1) is 29.8 Å². The summed E-state index contributed by atoms with van der Waals surface area (Å²) in [5.74, 6) is -0.161. The van der Waals surface area contributed by atoms with Gasteiger partial charge >= 0.3 is 0 Å². The average Bonchev–Trinajstić information content (AvgIpc) is 2.37. The SMILES string of the molecule is COc1cc([N+](=O)[O-])ccc1C(=O)NC(C)N(C)C. The summed E-state index contributed by atoms with van der Waals surface area (Å²) in [7, 11) is 5.03. The molecule has 0 aromatic heterocycles. The Hall–Kier alpha value is -2.15. The molecule has 104 valence electrons. The normalized spacial score (nSPS) is 12.1. The van der Waals surface area contributed by atoms with Crippen molar-refractivity contribution in [3.05, 3.63) is 33.9 Å². The molecule has 0 fully saturated rings. The van der Waals surface area contributed by atoms with Crippen molar-refractivity contribution >= 4 is 11.6 Å². The fourth-order valence-corrected chi connectivity index (χ4v) is 1.38. The van der Waals surface area contributed by atoms with Gasteiger partial charge in [0.15, 0.2) is 0 Å². The molecule has 0 aliphatic rings. The van der Waals surface area contributed by atoms with Crippen molar-refractivity contribution in [2.75, 3.05) is 21.2 Å². The van der Waals surface area contributed by atoms with Crippen LogP contribution in [0.5, 0.6) is 5.75 Å². The fraction of sp³-hybridized carbons (Fsp3) is 0.417. The topological polar surface area (TPSA) is 84.7 Å². The van der Waals surface area contributed by atoms with Crippen molar-refractivity contribution in [2.24, 2.45) is 0 Å². The highest BCUT2D eigenvalue weighted by molar-refractivity contribution is 5.97. The van der Waals surface area contributed by atoms with Crippen LogP contribution in [0.2, 0.25) is 0 Å². The highest BCUT2D eigenvalue weighted by Crippen LogP contribution is 2.24. The van der Waals surface area contributed by atoms with Gasteiger partial charge in [-0.3, -0.25) is 19.8 Å². The van der Waals surface area contributed by atoms with E-state index in [1.807, 2.05) is 25.9 Å². The van der Waals surface area contributed by atoms with Gasteiger partial charge < -0.3 is 10.1 Å². The van der Waals surface area contributed by atoms with Crippen LogP contribution in [0.4, 0.5) is 5.69 Å². The lowest BCUT2D eigenvalue weighted by atomic mass is 10.1. The van der Waals surface area contributed by atoms with Gasteiger partial charge in [0.2, 0.25) is 0 Å². The first-order chi connectivity index (χ1) is 8.86. The largest absolute Gasteiger partial charge is 0.496 e. The number of hydrogen-bond acceptors (Lipinski definition) is 5. The molecule has 1 aromatic carbocycles. The highest BCUT2D eigenvalue weighted by atomic mass is 16.6. The van der Waals surface area contributed by atoms with Crippen LogP contribution >= 0.6 is 0 Å². The van der Waals surface area contributed by atoms with Crippen LogP contribution in [0.1, 0.15) is 17.3 Å². The summed E-state index contributed by atoms with van der Waals surface area (Å²) in [6.07, 6.45) is -0.160. The van der Waals surface area contributed by atoms with E-state index in [0.29, 0.717) is 0 Å². The Morgan fingerprint density at radius 1 is 1.47 bits per heavy atom. The first-order valence-electron chi connectivity index (χ1n) is 5.66. The number of non-ortho nitro benzene ring substituents is 1. The van der Waals surface area contributed by atoms with E-state index >= 15 is 0 Å². The van der Waals surface area contributed by atoms with Crippen LogP contribution in [0, 0.1) is 10.1 Å². The van der Waals surface area contributed by atoms with E-state index in [1.165, 1.54) is 25.3 Å². The minimum absolute atomic E-state index is 0.117. The third-order valence-corrected chi connectivity index (χ3v) is 2.76. The second kappa shape index (κ2) is 6.14. The van der Waals surface area contributed by atoms with Crippen molar-refractivity contribution < 1.29 is 14.5 Å². The van der Waals surface area contributed by atoms with E-state index in [2.05, 4.69) is 5.32 Å². The standard InChI is InChI=1S/C12H17N3O4/c1-8(14(2)3)13-12(16)10-6-5-9(15(17)18)7-11(10)19-4/h5-8H,1-4H3,(H,13,16). The maximum Gasteiger partial charge on any atom is 0.273 e. The van der Waals surface area contributed by atoms with E-state index < -0.39 is 4.92 Å². The zero-order valence-corrected chi connectivity index (χ0v) is 11.3. The van der Waals surface area contributed by atoms with Gasteiger partial charge in [0.1, 0.15) is 5.75 Å². The molecule has 1 rings (SSSR count). The van der Waals surface area contributed by atoms with E-state index in [1.54, 1.807) is 0 Å². The van der Waals surface area contributed by atoms with Crippen LogP contribution in [-0.2, 0) is 0 Å². The number of nitrogens with zero attached hydrogens (tertiary/aromatic N) is 2. The molecule has 1 unspecified atom stereocenters. The highest BCUT2D eigenvalue weighted by Gasteiger charge is 2.18. The number of carbonyl (C=O) groups excluding carboxylic acids is 1. The minimum Gasteiger partial charge on any atom is -0.496 e. The molecule has 1 aromatic rings. The molecular weight excluding hydrogens is 250 g/mol. The van der Waals surface area contributed by atoms with Crippen molar-refractivity contribution in [1.29, 1.82) is 0 Å². The molecule has 7 heteroatoms. The second-order valence-electron chi connectivity index (χ2n) is 4.25. The van der Waals surface area contributed by atoms with E-state index in [0.717, 1.165) is 0 Å². The van der Waals surface area contributed by atoms with Gasteiger partial charge in [0, 0.05) is 6.07 Å². The molecular formula is C12H17N3O4. The Morgan fingerprint density at radius 2 is 2.11 bits per heavy atom. The van der Waals surface area contributed by atoms with Gasteiger partial charge in [-0.25, -0.2) is 0 Å². The number of amides is 1. The zero-order valence-electron chi connectivity index (χ0n) is 11.3. The Balaban J connectivity index is 3.00. The zero-order chi connectivity index (χ0) is 14.6. The van der Waals surface area contributed by atoms with Crippen LogP contribution in [-0.4, -0.2) is 43.1 Å². The number of nitro benzene ring substituents is 1. The van der Waals surface area contributed by atoms with Crippen molar-refractivity contribution in [2.45, 2.75) is 13.1 Å². The predicted octanol–water partition coefficient (Wildman–Crippen LogP) is 1.24. The number of benzene rings is 1. The summed E-state index contributed by atoms with van der Waals surface area (Å²) in [6, 6.07) is 3.89. The van der Waals surface area contributed by atoms with Crippen LogP contribution in [0.25, 0.3) is 0 Å². The second-order valence-corrected chi connectivity index (χ2v) is 4.25. The van der Waals surface area contributed by atoms with E-state index in [9.17, 15) is 14.9 Å². The van der Waals surface area contributed by atoms with Gasteiger partial charge in [-0.2, -0.15) is 0 Å². The quantitative estimate of drug-likeness (QED) is 0.493. The van der Waals surface area contributed by atoms with Crippen molar-refractivity contribution in [3.8, 4) is 5.75 Å². The molecule has 7 nitrogen and oxygen atoms in total. The Labute approximate surface area is 111 Å². The number of rotatable bonds is 5. The maximum atomic E-state index is 12.0. The smallest absolute Gasteiger partial charge is 0.273 e. The van der Waals surface area contributed by atoms with E-state index in [-0.39, 0.29) is 29.1 Å². The van der Waals surface area contributed by atoms with E-state index in [4.69, 9.17) is 4.74 Å². The van der Waals surface area contributed by atoms with Gasteiger partial charge in [-0.05, 0) is 27.1 Å². The lowest BCUT2D eigenvalue weighted by Gasteiger charge is -2.21. The third kappa shape index (κ3) is 3.65. The number of hydrogen-bond donors (Lipinski definition) is 1. The number of ether oxygens (including phenoxy) is 1. The van der Waals surface area contributed by atoms with Gasteiger partial charge in [-0.1, -0.05) is 0 Å². The summed E-state index contributed by atoms with van der Waals surface area (Å²) in [4.78, 5) is 24.0. The lowest BCUT2D eigenvalue weighted by Crippen LogP contribution is -2.42. The summed E-state index contributed by atoms with van der Waals surface area (Å²) in [6.45, 7) is 1.83. The Bertz CT molecular complexity index is 488. The summed E-state index contributed by atoms with van der Waals surface area (Å²) >= 11 is 0. The van der Waals surface area contributed by atoms with Crippen molar-refractivity contribution in [1.82, 2.24) is 10.2 Å². The first kappa shape index (κ1) is 14.9. The number of methoxy groups -OCH3 is 1. The third-order valence-electron chi connectivity index (χ3n) is 2.76. The average molecular weight is 267 g/mol. The maximum absolute atomic E-state index is 12.0. The lowest BCUT2D eigenvalue weighted by molar-refractivity contribution is -0.384. The van der Waals surface area contributed by atoms with Crippen molar-refractivity contribution in [3.63, 3.8) is 0 Å². The molecule has 1 amide bonds. The Kier molecular flexibility index (Phi) is 4.82. The molecule has 1 atom stereocenters. The molecule has 0 saturated carbocycles. The molecule has 19 heavy (non-hydrogen) atoms.